The van der Waals surface area contributed by atoms with Crippen LogP contribution in [0.4, 0.5) is 11.4 Å². The van der Waals surface area contributed by atoms with Crippen LogP contribution in [0, 0.1) is 6.92 Å². The number of sulfonamides is 1. The number of carbonyl (C=O) groups excluding carboxylic acids is 1. The highest BCUT2D eigenvalue weighted by molar-refractivity contribution is 7.92. The van der Waals surface area contributed by atoms with Crippen LogP contribution in [-0.4, -0.2) is 59.1 Å². The van der Waals surface area contributed by atoms with Gasteiger partial charge in [-0.15, -0.1) is 0 Å². The van der Waals surface area contributed by atoms with E-state index in [4.69, 9.17) is 16.3 Å². The second kappa shape index (κ2) is 10.6. The number of aryl methyl sites for hydroxylation is 1. The Bertz CT molecular complexity index is 1260. The molecule has 0 aliphatic carbocycles. The number of ether oxygens (including phenoxy) is 1. The molecular formula is C26H28ClN3O4S. The summed E-state index contributed by atoms with van der Waals surface area (Å²) in [5, 5.41) is 0.488. The van der Waals surface area contributed by atoms with E-state index in [9.17, 15) is 13.2 Å². The van der Waals surface area contributed by atoms with Gasteiger partial charge in [-0.2, -0.15) is 0 Å². The number of methoxy groups -OCH3 is 1. The van der Waals surface area contributed by atoms with Gasteiger partial charge in [-0.3, -0.25) is 9.10 Å². The van der Waals surface area contributed by atoms with Gasteiger partial charge in [0.15, 0.2) is 0 Å². The molecule has 1 aliphatic rings. The van der Waals surface area contributed by atoms with Crippen LogP contribution in [0.3, 0.4) is 0 Å². The quantitative estimate of drug-likeness (QED) is 0.473. The molecule has 1 heterocycles. The van der Waals surface area contributed by atoms with Gasteiger partial charge in [-0.1, -0.05) is 29.3 Å². The van der Waals surface area contributed by atoms with Gasteiger partial charge in [0.2, 0.25) is 5.91 Å². The number of benzene rings is 3. The Morgan fingerprint density at radius 2 is 1.51 bits per heavy atom. The van der Waals surface area contributed by atoms with E-state index in [1.807, 2.05) is 31.2 Å². The van der Waals surface area contributed by atoms with Crippen molar-refractivity contribution in [3.63, 3.8) is 0 Å². The third-order valence-corrected chi connectivity index (χ3v) is 8.11. The number of halogens is 1. The number of nitrogens with zero attached hydrogens (tertiary/aromatic N) is 3. The molecule has 0 spiro atoms. The maximum absolute atomic E-state index is 13.5. The van der Waals surface area contributed by atoms with Crippen molar-refractivity contribution < 1.29 is 17.9 Å². The number of rotatable bonds is 7. The molecule has 1 aliphatic heterocycles. The topological polar surface area (TPSA) is 70.2 Å². The van der Waals surface area contributed by atoms with Gasteiger partial charge in [0.25, 0.3) is 10.0 Å². The number of hydrogen-bond acceptors (Lipinski definition) is 5. The minimum atomic E-state index is -3.96. The molecule has 35 heavy (non-hydrogen) atoms. The summed E-state index contributed by atoms with van der Waals surface area (Å²) in [6.07, 6.45) is 0. The predicted octanol–water partition coefficient (Wildman–Crippen LogP) is 4.20. The van der Waals surface area contributed by atoms with Gasteiger partial charge < -0.3 is 14.5 Å². The van der Waals surface area contributed by atoms with Crippen LogP contribution in [-0.2, 0) is 14.8 Å². The van der Waals surface area contributed by atoms with Crippen LogP contribution in [0.1, 0.15) is 5.56 Å². The van der Waals surface area contributed by atoms with E-state index in [1.165, 1.54) is 0 Å². The molecule has 9 heteroatoms. The highest BCUT2D eigenvalue weighted by Crippen LogP contribution is 2.26. The van der Waals surface area contributed by atoms with Crippen molar-refractivity contribution >= 4 is 38.9 Å². The van der Waals surface area contributed by atoms with Crippen LogP contribution in [0.25, 0.3) is 0 Å². The summed E-state index contributed by atoms with van der Waals surface area (Å²) < 4.78 is 33.5. The van der Waals surface area contributed by atoms with Crippen LogP contribution < -0.4 is 13.9 Å². The second-order valence-electron chi connectivity index (χ2n) is 8.37. The van der Waals surface area contributed by atoms with Crippen molar-refractivity contribution in [3.05, 3.63) is 83.4 Å². The summed E-state index contributed by atoms with van der Waals surface area (Å²) in [5.41, 5.74) is 2.40. The summed E-state index contributed by atoms with van der Waals surface area (Å²) in [6, 6.07) is 20.9. The Morgan fingerprint density at radius 3 is 2.09 bits per heavy atom. The Hall–Kier alpha value is -3.23. The molecule has 0 saturated carbocycles. The van der Waals surface area contributed by atoms with Crippen molar-refractivity contribution in [2.45, 2.75) is 11.8 Å². The Morgan fingerprint density at radius 1 is 0.914 bits per heavy atom. The fraction of sp³-hybridized carbons (Fsp3) is 0.269. The lowest BCUT2D eigenvalue weighted by Crippen LogP contribution is -2.52. The molecule has 0 N–H and O–H groups in total. The number of amides is 1. The SMILES string of the molecule is COc1ccc(N2CCN(C(=O)CN(c3ccc(Cl)cc3)S(=O)(=O)c3ccc(C)cc3)CC2)cc1. The van der Waals surface area contributed by atoms with Crippen LogP contribution in [0.15, 0.2) is 77.7 Å². The molecule has 4 rings (SSSR count). The standard InChI is InChI=1S/C26H28ClN3O4S/c1-20-3-13-25(14-4-20)35(32,33)30(23-7-5-21(27)6-8-23)19-26(31)29-17-15-28(16-18-29)22-9-11-24(34-2)12-10-22/h3-14H,15-19H2,1-2H3. The molecule has 1 fully saturated rings. The molecule has 3 aromatic carbocycles. The van der Waals surface area contributed by atoms with Gasteiger partial charge in [0.05, 0.1) is 17.7 Å². The zero-order chi connectivity index (χ0) is 25.0. The fourth-order valence-electron chi connectivity index (χ4n) is 3.99. The molecule has 0 bridgehead atoms. The summed E-state index contributed by atoms with van der Waals surface area (Å²) in [6.45, 7) is 3.92. The van der Waals surface area contributed by atoms with Crippen molar-refractivity contribution in [3.8, 4) is 5.75 Å². The lowest BCUT2D eigenvalue weighted by Gasteiger charge is -2.37. The Balaban J connectivity index is 1.50. The van der Waals surface area contributed by atoms with Gasteiger partial charge in [-0.05, 0) is 67.6 Å². The van der Waals surface area contributed by atoms with Crippen molar-refractivity contribution in [2.24, 2.45) is 0 Å². The zero-order valence-electron chi connectivity index (χ0n) is 19.7. The van der Waals surface area contributed by atoms with Crippen LogP contribution in [0.2, 0.25) is 5.02 Å². The summed E-state index contributed by atoms with van der Waals surface area (Å²) in [7, 11) is -2.33. The fourth-order valence-corrected chi connectivity index (χ4v) is 5.53. The van der Waals surface area contributed by atoms with Gasteiger partial charge >= 0.3 is 0 Å². The average molecular weight is 514 g/mol. The molecule has 3 aromatic rings. The monoisotopic (exact) mass is 513 g/mol. The molecular weight excluding hydrogens is 486 g/mol. The van der Waals surface area contributed by atoms with E-state index in [0.717, 1.165) is 21.3 Å². The van der Waals surface area contributed by atoms with E-state index in [0.29, 0.717) is 36.9 Å². The summed E-state index contributed by atoms with van der Waals surface area (Å²) >= 11 is 6.02. The number of anilines is 2. The third-order valence-electron chi connectivity index (χ3n) is 6.07. The number of hydrogen-bond donors (Lipinski definition) is 0. The van der Waals surface area contributed by atoms with Crippen molar-refractivity contribution in [1.29, 1.82) is 0 Å². The Kier molecular flexibility index (Phi) is 7.52. The molecule has 0 unspecified atom stereocenters. The zero-order valence-corrected chi connectivity index (χ0v) is 21.3. The van der Waals surface area contributed by atoms with E-state index in [2.05, 4.69) is 4.90 Å². The van der Waals surface area contributed by atoms with Gasteiger partial charge in [0, 0.05) is 36.9 Å². The summed E-state index contributed by atoms with van der Waals surface area (Å²) in [5.74, 6) is 0.546. The molecule has 1 saturated heterocycles. The van der Waals surface area contributed by atoms with Crippen LogP contribution >= 0.6 is 11.6 Å². The first-order valence-electron chi connectivity index (χ1n) is 11.3. The smallest absolute Gasteiger partial charge is 0.264 e. The van der Waals surface area contributed by atoms with E-state index in [-0.39, 0.29) is 17.3 Å². The molecule has 0 aromatic heterocycles. The predicted molar refractivity (Wildman–Crippen MR) is 139 cm³/mol. The first-order chi connectivity index (χ1) is 16.8. The van der Waals surface area contributed by atoms with Gasteiger partial charge in [-0.25, -0.2) is 8.42 Å². The normalized spacial score (nSPS) is 14.0. The minimum absolute atomic E-state index is 0.134. The average Bonchev–Trinajstić information content (AvgIpc) is 2.88. The minimum Gasteiger partial charge on any atom is -0.497 e. The number of carbonyl (C=O) groups is 1. The number of piperazine rings is 1. The molecule has 0 atom stereocenters. The van der Waals surface area contributed by atoms with Crippen molar-refractivity contribution in [1.82, 2.24) is 4.90 Å². The lowest BCUT2D eigenvalue weighted by molar-refractivity contribution is -0.129. The largest absolute Gasteiger partial charge is 0.497 e. The maximum atomic E-state index is 13.5. The highest BCUT2D eigenvalue weighted by atomic mass is 35.5. The highest BCUT2D eigenvalue weighted by Gasteiger charge is 2.30. The first kappa shape index (κ1) is 24.9. The molecule has 184 valence electrons. The molecule has 7 nitrogen and oxygen atoms in total. The Labute approximate surface area is 211 Å². The molecule has 0 radical (unpaired) electrons. The van der Waals surface area contributed by atoms with E-state index >= 15 is 0 Å². The third kappa shape index (κ3) is 5.71. The lowest BCUT2D eigenvalue weighted by atomic mass is 10.2. The second-order valence-corrected chi connectivity index (χ2v) is 10.7. The first-order valence-corrected chi connectivity index (χ1v) is 13.1. The summed E-state index contributed by atoms with van der Waals surface area (Å²) in [4.78, 5) is 17.3. The van der Waals surface area contributed by atoms with E-state index < -0.39 is 10.0 Å². The van der Waals surface area contributed by atoms with E-state index in [1.54, 1.807) is 60.5 Å². The van der Waals surface area contributed by atoms with Crippen molar-refractivity contribution in [2.75, 3.05) is 49.0 Å². The van der Waals surface area contributed by atoms with Crippen LogP contribution in [0.5, 0.6) is 5.75 Å². The van der Waals surface area contributed by atoms with Gasteiger partial charge in [0.1, 0.15) is 12.3 Å². The maximum Gasteiger partial charge on any atom is 0.264 e. The molecule has 1 amide bonds.